The molecular weight excluding hydrogens is 535 g/mol. The highest BCUT2D eigenvalue weighted by Gasteiger charge is 2.82. The number of nitrogens with zero attached hydrogens (tertiary/aromatic N) is 2. The van der Waals surface area contributed by atoms with Crippen molar-refractivity contribution in [3.8, 4) is 0 Å². The Labute approximate surface area is 245 Å². The zero-order chi connectivity index (χ0) is 29.6. The van der Waals surface area contributed by atoms with E-state index in [2.05, 4.69) is 33.6 Å². The smallest absolute Gasteiger partial charge is 0.328 e. The first kappa shape index (κ1) is 30.2. The summed E-state index contributed by atoms with van der Waals surface area (Å²) in [7, 11) is -3.48. The number of hydrogen-bond donors (Lipinski definition) is 0. The normalized spacial score (nSPS) is 25.8. The summed E-state index contributed by atoms with van der Waals surface area (Å²) < 4.78 is 16.1. The van der Waals surface area contributed by atoms with Gasteiger partial charge in [0.15, 0.2) is 0 Å². The highest BCUT2D eigenvalue weighted by molar-refractivity contribution is 7.65. The van der Waals surface area contributed by atoms with Crippen LogP contribution in [0.2, 0.25) is 0 Å². The quantitative estimate of drug-likeness (QED) is 0.230. The molecule has 0 amide bonds. The molecule has 0 N–H and O–H groups in total. The van der Waals surface area contributed by atoms with E-state index in [4.69, 9.17) is 9.47 Å². The summed E-state index contributed by atoms with van der Waals surface area (Å²) in [4.78, 5) is 43.9. The van der Waals surface area contributed by atoms with Crippen molar-refractivity contribution in [2.45, 2.75) is 116 Å². The summed E-state index contributed by atoms with van der Waals surface area (Å²) in [5, 5.41) is 0. The van der Waals surface area contributed by atoms with Gasteiger partial charge in [0.25, 0.3) is 0 Å². The van der Waals surface area contributed by atoms with E-state index in [9.17, 15) is 9.59 Å². The standard InChI is InChI=1S/C33H45N2O5P/c1-31(2,3)39-29(36)33(30(37)40-32(4,5)6)21-28(33)41(38)34(22-24-15-9-7-10-16-24)26-19-13-14-20-27(26)35(41)23-25-17-11-8-12-18-25/h7-12,15-18,26-28H,13-14,19-23H2,1-6H3/t26-,27-,28?/m1/s1. The van der Waals surface area contributed by atoms with E-state index in [0.29, 0.717) is 13.1 Å². The molecule has 2 aliphatic carbocycles. The molecule has 0 radical (unpaired) electrons. The van der Waals surface area contributed by atoms with Crippen molar-refractivity contribution in [1.29, 1.82) is 0 Å². The van der Waals surface area contributed by atoms with Crippen molar-refractivity contribution in [2.75, 3.05) is 0 Å². The van der Waals surface area contributed by atoms with Crippen LogP contribution in [0.25, 0.3) is 0 Å². The lowest BCUT2D eigenvalue weighted by atomic mass is 9.90. The van der Waals surface area contributed by atoms with Gasteiger partial charge in [-0.25, -0.2) is 0 Å². The Morgan fingerprint density at radius 2 is 1.17 bits per heavy atom. The maximum absolute atomic E-state index is 16.0. The molecule has 41 heavy (non-hydrogen) atoms. The van der Waals surface area contributed by atoms with Crippen LogP contribution in [0.15, 0.2) is 60.7 Å². The average Bonchev–Trinajstić information content (AvgIpc) is 3.63. The van der Waals surface area contributed by atoms with E-state index in [1.165, 1.54) is 0 Å². The van der Waals surface area contributed by atoms with Crippen LogP contribution in [0.4, 0.5) is 0 Å². The van der Waals surface area contributed by atoms with Gasteiger partial charge in [0.05, 0.1) is 25.2 Å². The first-order chi connectivity index (χ1) is 19.3. The zero-order valence-electron chi connectivity index (χ0n) is 25.3. The maximum atomic E-state index is 16.0. The molecule has 7 nitrogen and oxygen atoms in total. The second-order valence-electron chi connectivity index (χ2n) is 13.9. The number of benzene rings is 2. The molecule has 3 fully saturated rings. The summed E-state index contributed by atoms with van der Waals surface area (Å²) >= 11 is 0. The minimum Gasteiger partial charge on any atom is -0.650 e. The van der Waals surface area contributed by atoms with Crippen LogP contribution in [0.1, 0.15) is 84.8 Å². The molecule has 5 rings (SSSR count). The van der Waals surface area contributed by atoms with Crippen LogP contribution in [0.3, 0.4) is 0 Å². The Morgan fingerprint density at radius 3 is 1.54 bits per heavy atom. The molecule has 0 aromatic heterocycles. The summed E-state index contributed by atoms with van der Waals surface area (Å²) in [6, 6.07) is 20.4. The van der Waals surface area contributed by atoms with Crippen LogP contribution in [0, 0.1) is 5.41 Å². The van der Waals surface area contributed by atoms with E-state index in [0.717, 1.165) is 36.8 Å². The number of rotatable bonds is 7. The largest absolute Gasteiger partial charge is 0.650 e. The van der Waals surface area contributed by atoms with Gasteiger partial charge in [-0.3, -0.25) is 9.59 Å². The fraction of sp³-hybridized carbons (Fsp3) is 0.576. The topological polar surface area (TPSA) is 82.1 Å². The van der Waals surface area contributed by atoms with E-state index in [1.807, 2.05) is 36.4 Å². The molecule has 0 bridgehead atoms. The van der Waals surface area contributed by atoms with E-state index >= 15 is 4.89 Å². The highest BCUT2D eigenvalue weighted by Crippen LogP contribution is 2.81. The van der Waals surface area contributed by atoms with Gasteiger partial charge in [-0.05, 0) is 65.5 Å². The van der Waals surface area contributed by atoms with Crippen LogP contribution in [-0.2, 0) is 32.2 Å². The number of fused-ring (bicyclic) bond motifs is 1. The van der Waals surface area contributed by atoms with Gasteiger partial charge in [-0.2, -0.15) is 9.34 Å². The van der Waals surface area contributed by atoms with E-state index in [1.54, 1.807) is 41.5 Å². The lowest BCUT2D eigenvalue weighted by Gasteiger charge is -2.42. The summed E-state index contributed by atoms with van der Waals surface area (Å²) in [5.74, 6) is -1.26. The van der Waals surface area contributed by atoms with Crippen molar-refractivity contribution in [1.82, 2.24) is 9.34 Å². The Bertz CT molecular complexity index is 1150. The van der Waals surface area contributed by atoms with Gasteiger partial charge in [-0.1, -0.05) is 73.5 Å². The average molecular weight is 581 g/mol. The SMILES string of the molecule is CC(C)(C)OC(=O)C1(C(=O)OC(C)(C)C)CC1[P+]1([O-])N(Cc2ccccc2)[C@@H]2CCCC[C@H]2N1Cc1ccccc1. The number of esters is 2. The van der Waals surface area contributed by atoms with Gasteiger partial charge in [0.1, 0.15) is 24.7 Å². The van der Waals surface area contributed by atoms with E-state index in [-0.39, 0.29) is 18.5 Å². The molecule has 2 saturated carbocycles. The highest BCUT2D eigenvalue weighted by atomic mass is 31.2. The van der Waals surface area contributed by atoms with Crippen molar-refractivity contribution < 1.29 is 24.0 Å². The minimum absolute atomic E-state index is 0.0778. The molecule has 2 aromatic carbocycles. The molecule has 8 heteroatoms. The van der Waals surface area contributed by atoms with Gasteiger partial charge in [0.2, 0.25) is 5.41 Å². The van der Waals surface area contributed by atoms with E-state index < -0.39 is 42.0 Å². The lowest BCUT2D eigenvalue weighted by Crippen LogP contribution is -2.45. The van der Waals surface area contributed by atoms with Crippen molar-refractivity contribution in [3.63, 3.8) is 0 Å². The Balaban J connectivity index is 1.61. The lowest BCUT2D eigenvalue weighted by molar-refractivity contribution is -0.196. The fourth-order valence-corrected chi connectivity index (χ4v) is 11.1. The van der Waals surface area contributed by atoms with Gasteiger partial charge >= 0.3 is 11.9 Å². The van der Waals surface area contributed by atoms with Gasteiger partial charge < -0.3 is 14.4 Å². The zero-order valence-corrected chi connectivity index (χ0v) is 26.2. The predicted molar refractivity (Wildman–Crippen MR) is 159 cm³/mol. The minimum atomic E-state index is -3.48. The number of carbonyl (C=O) groups excluding carboxylic acids is 2. The van der Waals surface area contributed by atoms with Crippen LogP contribution >= 0.6 is 7.79 Å². The van der Waals surface area contributed by atoms with Crippen LogP contribution in [0.5, 0.6) is 0 Å². The van der Waals surface area contributed by atoms with Crippen LogP contribution in [-0.4, -0.2) is 50.2 Å². The first-order valence-corrected chi connectivity index (χ1v) is 16.6. The number of carbonyl (C=O) groups is 2. The molecule has 1 unspecified atom stereocenters. The second kappa shape index (κ2) is 11.1. The molecule has 0 spiro atoms. The number of ether oxygens (including phenoxy) is 2. The summed E-state index contributed by atoms with van der Waals surface area (Å²) in [5.41, 5.74) is -1.78. The van der Waals surface area contributed by atoms with Gasteiger partial charge in [0, 0.05) is 6.42 Å². The molecule has 2 aromatic rings. The summed E-state index contributed by atoms with van der Waals surface area (Å²) in [6.07, 6.45) is 4.17. The molecule has 1 heterocycles. The first-order valence-electron chi connectivity index (χ1n) is 14.9. The third-order valence-electron chi connectivity index (χ3n) is 8.43. The van der Waals surface area contributed by atoms with Crippen LogP contribution < -0.4 is 4.89 Å². The Kier molecular flexibility index (Phi) is 8.14. The second-order valence-corrected chi connectivity index (χ2v) is 16.7. The summed E-state index contributed by atoms with van der Waals surface area (Å²) in [6.45, 7) is 11.8. The third kappa shape index (κ3) is 5.97. The Hall–Kier alpha value is -2.31. The maximum Gasteiger partial charge on any atom is 0.328 e. The molecule has 1 aliphatic heterocycles. The van der Waals surface area contributed by atoms with Crippen molar-refractivity contribution in [2.24, 2.45) is 5.41 Å². The van der Waals surface area contributed by atoms with Crippen molar-refractivity contribution >= 4 is 19.7 Å². The molecular formula is C33H45N2O5P. The Morgan fingerprint density at radius 1 is 0.780 bits per heavy atom. The molecule has 1 saturated heterocycles. The van der Waals surface area contributed by atoms with Crippen molar-refractivity contribution in [3.05, 3.63) is 71.8 Å². The molecule has 3 aliphatic rings. The molecule has 3 atom stereocenters. The predicted octanol–water partition coefficient (Wildman–Crippen LogP) is 5.88. The number of hydrogen-bond acceptors (Lipinski definition) is 7. The fourth-order valence-electron chi connectivity index (χ4n) is 6.61. The molecule has 222 valence electrons. The third-order valence-corrected chi connectivity index (χ3v) is 12.2. The van der Waals surface area contributed by atoms with Gasteiger partial charge in [-0.15, -0.1) is 0 Å². The monoisotopic (exact) mass is 580 g/mol.